The van der Waals surface area contributed by atoms with Gasteiger partial charge in [-0.3, -0.25) is 4.55 Å². The fourth-order valence-electron chi connectivity index (χ4n) is 1.18. The van der Waals surface area contributed by atoms with Gasteiger partial charge in [0.25, 0.3) is 4.93 Å². The molecule has 1 aliphatic rings. The molecule has 1 N–H and O–H groups in total. The van der Waals surface area contributed by atoms with Gasteiger partial charge in [0.1, 0.15) is 0 Å². The average molecular weight is 230 g/mol. The molecule has 0 aromatic carbocycles. The van der Waals surface area contributed by atoms with Gasteiger partial charge in [-0.2, -0.15) is 8.42 Å². The Balaban J connectivity index is 2.93. The third-order valence-corrected chi connectivity index (χ3v) is 3.31. The van der Waals surface area contributed by atoms with Crippen LogP contribution in [-0.2, 0) is 14.9 Å². The summed E-state index contributed by atoms with van der Waals surface area (Å²) in [4.78, 5) is -1.66. The van der Waals surface area contributed by atoms with Gasteiger partial charge < -0.3 is 4.74 Å². The van der Waals surface area contributed by atoms with E-state index in [9.17, 15) is 8.42 Å². The first-order valence-electron chi connectivity index (χ1n) is 4.66. The zero-order valence-electron chi connectivity index (χ0n) is 8.46. The fourth-order valence-corrected chi connectivity index (χ4v) is 1.91. The van der Waals surface area contributed by atoms with Gasteiger partial charge in [-0.05, 0) is 12.5 Å². The number of hydrogen-bond donors (Lipinski definition) is 1. The predicted molar refractivity (Wildman–Crippen MR) is 57.7 cm³/mol. The smallest absolute Gasteiger partial charge is 0.310 e. The van der Waals surface area contributed by atoms with Crippen molar-refractivity contribution in [2.75, 3.05) is 0 Å². The van der Waals surface area contributed by atoms with Gasteiger partial charge in [0.15, 0.2) is 0 Å². The Kier molecular flexibility index (Phi) is 3.71. The molecule has 0 saturated carbocycles. The first kappa shape index (κ1) is 12.0. The molecule has 1 rings (SSSR count). The summed E-state index contributed by atoms with van der Waals surface area (Å²) in [5.74, 6) is 0. The molecule has 0 amide bonds. The van der Waals surface area contributed by atoms with E-state index < -0.39 is 15.1 Å². The highest BCUT2D eigenvalue weighted by molar-refractivity contribution is 7.87. The Hall–Kier alpha value is -1.07. The molecule has 0 saturated heterocycles. The number of hydrogen-bond acceptors (Lipinski definition) is 3. The maximum Gasteiger partial charge on any atom is 0.310 e. The van der Waals surface area contributed by atoms with Gasteiger partial charge in [0.05, 0.1) is 6.26 Å². The van der Waals surface area contributed by atoms with E-state index in [1.165, 1.54) is 18.4 Å². The fraction of sp³-hybridized carbons (Fsp3) is 0.400. The second-order valence-corrected chi connectivity index (χ2v) is 4.82. The summed E-state index contributed by atoms with van der Waals surface area (Å²) in [5.41, 5.74) is 0. The van der Waals surface area contributed by atoms with Gasteiger partial charge in [-0.25, -0.2) is 0 Å². The Labute approximate surface area is 89.7 Å². The monoisotopic (exact) mass is 230 g/mol. The van der Waals surface area contributed by atoms with Crippen molar-refractivity contribution in [3.8, 4) is 0 Å². The topological polar surface area (TPSA) is 63.6 Å². The van der Waals surface area contributed by atoms with Crippen molar-refractivity contribution in [1.82, 2.24) is 0 Å². The molecule has 1 aliphatic carbocycles. The summed E-state index contributed by atoms with van der Waals surface area (Å²) >= 11 is 0. The minimum absolute atomic E-state index is 0.108. The van der Waals surface area contributed by atoms with Gasteiger partial charge in [-0.15, -0.1) is 0 Å². The summed E-state index contributed by atoms with van der Waals surface area (Å²) in [5, 5.41) is 0. The third-order valence-electron chi connectivity index (χ3n) is 2.04. The van der Waals surface area contributed by atoms with E-state index in [-0.39, 0.29) is 6.42 Å². The van der Waals surface area contributed by atoms with Crippen molar-refractivity contribution in [1.29, 1.82) is 0 Å². The molecule has 0 fully saturated rings. The van der Waals surface area contributed by atoms with E-state index >= 15 is 0 Å². The van der Waals surface area contributed by atoms with Crippen LogP contribution in [0.2, 0.25) is 0 Å². The van der Waals surface area contributed by atoms with Crippen LogP contribution < -0.4 is 0 Å². The van der Waals surface area contributed by atoms with Crippen molar-refractivity contribution < 1.29 is 17.7 Å². The summed E-state index contributed by atoms with van der Waals surface area (Å²) in [6, 6.07) is 0. The average Bonchev–Trinajstić information content (AvgIpc) is 2.18. The predicted octanol–water partition coefficient (Wildman–Crippen LogP) is 2.03. The minimum Gasteiger partial charge on any atom is -0.473 e. The van der Waals surface area contributed by atoms with Crippen molar-refractivity contribution in [3.63, 3.8) is 0 Å². The standard InChI is InChI=1S/C10H14O4S/c1-2-3-9-14-10(15(11,12)13)7-5-4-6-8-10/h3-7,9H,2,8H2,1H3,(H,11,12,13). The maximum atomic E-state index is 11.2. The number of allylic oxidation sites excluding steroid dienone is 3. The first-order valence-corrected chi connectivity index (χ1v) is 6.10. The lowest BCUT2D eigenvalue weighted by atomic mass is 10.1. The van der Waals surface area contributed by atoms with Crippen LogP contribution in [0.5, 0.6) is 0 Å². The molecular formula is C10H14O4S. The highest BCUT2D eigenvalue weighted by atomic mass is 32.2. The van der Waals surface area contributed by atoms with Crippen LogP contribution in [0.1, 0.15) is 19.8 Å². The Morgan fingerprint density at radius 3 is 2.73 bits per heavy atom. The van der Waals surface area contributed by atoms with E-state index in [1.54, 1.807) is 18.2 Å². The van der Waals surface area contributed by atoms with Gasteiger partial charge >= 0.3 is 10.1 Å². The maximum absolute atomic E-state index is 11.2. The SMILES string of the molecule is CCC=COC1(S(=O)(=O)O)C=CC=CC1. The zero-order chi connectivity index (χ0) is 11.4. The van der Waals surface area contributed by atoms with Crippen molar-refractivity contribution >= 4 is 10.1 Å². The molecule has 4 nitrogen and oxygen atoms in total. The Morgan fingerprint density at radius 1 is 1.53 bits per heavy atom. The summed E-state index contributed by atoms with van der Waals surface area (Å²) in [6.45, 7) is 1.90. The third kappa shape index (κ3) is 2.70. The highest BCUT2D eigenvalue weighted by Gasteiger charge is 2.41. The van der Waals surface area contributed by atoms with Crippen molar-refractivity contribution in [2.45, 2.75) is 24.7 Å². The van der Waals surface area contributed by atoms with E-state index in [4.69, 9.17) is 9.29 Å². The lowest BCUT2D eigenvalue weighted by Gasteiger charge is -2.26. The molecule has 84 valence electrons. The lowest BCUT2D eigenvalue weighted by molar-refractivity contribution is 0.133. The quantitative estimate of drug-likeness (QED) is 0.593. The Morgan fingerprint density at radius 2 is 2.27 bits per heavy atom. The van der Waals surface area contributed by atoms with E-state index in [0.29, 0.717) is 0 Å². The van der Waals surface area contributed by atoms with Crippen LogP contribution in [0.15, 0.2) is 36.6 Å². The van der Waals surface area contributed by atoms with E-state index in [1.807, 2.05) is 6.92 Å². The van der Waals surface area contributed by atoms with Gasteiger partial charge in [0, 0.05) is 6.42 Å². The first-order chi connectivity index (χ1) is 7.02. The molecule has 0 aliphatic heterocycles. The molecule has 15 heavy (non-hydrogen) atoms. The number of rotatable bonds is 4. The van der Waals surface area contributed by atoms with Crippen LogP contribution in [0.25, 0.3) is 0 Å². The zero-order valence-corrected chi connectivity index (χ0v) is 9.28. The van der Waals surface area contributed by atoms with E-state index in [0.717, 1.165) is 6.42 Å². The van der Waals surface area contributed by atoms with Gasteiger partial charge in [0.2, 0.25) is 0 Å². The van der Waals surface area contributed by atoms with Crippen molar-refractivity contribution in [2.24, 2.45) is 0 Å². The van der Waals surface area contributed by atoms with Gasteiger partial charge in [-0.1, -0.05) is 31.2 Å². The number of ether oxygens (including phenoxy) is 1. The molecule has 0 spiro atoms. The van der Waals surface area contributed by atoms with Crippen LogP contribution in [-0.4, -0.2) is 17.9 Å². The van der Waals surface area contributed by atoms with Crippen LogP contribution in [0.3, 0.4) is 0 Å². The molecule has 0 aromatic rings. The van der Waals surface area contributed by atoms with Crippen LogP contribution >= 0.6 is 0 Å². The second-order valence-electron chi connectivity index (χ2n) is 3.18. The molecule has 0 heterocycles. The highest BCUT2D eigenvalue weighted by Crippen LogP contribution is 2.28. The normalized spacial score (nSPS) is 26.0. The second kappa shape index (κ2) is 4.63. The molecule has 5 heteroatoms. The summed E-state index contributed by atoms with van der Waals surface area (Å²) < 4.78 is 36.7. The molecule has 0 aromatic heterocycles. The summed E-state index contributed by atoms with van der Waals surface area (Å²) in [6.07, 6.45) is 10.0. The molecular weight excluding hydrogens is 216 g/mol. The van der Waals surface area contributed by atoms with Crippen molar-refractivity contribution in [3.05, 3.63) is 36.6 Å². The lowest BCUT2D eigenvalue weighted by Crippen LogP contribution is -2.38. The van der Waals surface area contributed by atoms with E-state index in [2.05, 4.69) is 0 Å². The largest absolute Gasteiger partial charge is 0.473 e. The molecule has 1 unspecified atom stereocenters. The Bertz CT molecular complexity index is 392. The van der Waals surface area contributed by atoms with Crippen LogP contribution in [0.4, 0.5) is 0 Å². The molecule has 0 radical (unpaired) electrons. The summed E-state index contributed by atoms with van der Waals surface area (Å²) in [7, 11) is -4.28. The van der Waals surface area contributed by atoms with Crippen LogP contribution in [0, 0.1) is 0 Å². The molecule has 0 bridgehead atoms. The minimum atomic E-state index is -4.28. The molecule has 1 atom stereocenters.